The average molecular weight is 278 g/mol. The molecule has 1 aliphatic heterocycles. The van der Waals surface area contributed by atoms with Crippen LogP contribution in [0.4, 0.5) is 10.5 Å². The Kier molecular flexibility index (Phi) is 3.41. The fourth-order valence-electron chi connectivity index (χ4n) is 2.27. The number of rotatable bonds is 1. The summed E-state index contributed by atoms with van der Waals surface area (Å²) >= 11 is 0. The largest absolute Gasteiger partial charge is 0.444 e. The van der Waals surface area contributed by atoms with Gasteiger partial charge in [0, 0.05) is 18.2 Å². The van der Waals surface area contributed by atoms with Gasteiger partial charge in [0.05, 0.1) is 11.5 Å². The molecule has 0 saturated heterocycles. The Morgan fingerprint density at radius 1 is 1.35 bits per heavy atom. The van der Waals surface area contributed by atoms with Crippen LogP contribution in [-0.4, -0.2) is 21.5 Å². The van der Waals surface area contributed by atoms with Crippen molar-refractivity contribution in [3.8, 4) is 0 Å². The van der Waals surface area contributed by atoms with Gasteiger partial charge in [0.1, 0.15) is 5.60 Å². The monoisotopic (exact) mass is 278 g/mol. The van der Waals surface area contributed by atoms with E-state index < -0.39 is 16.6 Å². The van der Waals surface area contributed by atoms with Gasteiger partial charge in [-0.05, 0) is 38.8 Å². The molecule has 0 aliphatic carbocycles. The third-order valence-corrected chi connectivity index (χ3v) is 3.23. The van der Waals surface area contributed by atoms with Crippen LogP contribution in [0.1, 0.15) is 37.5 Å². The van der Waals surface area contributed by atoms with E-state index in [1.165, 1.54) is 6.07 Å². The zero-order valence-corrected chi connectivity index (χ0v) is 12.1. The molecular formula is C14H18N2O4. The maximum atomic E-state index is 12.0. The van der Waals surface area contributed by atoms with Crippen molar-refractivity contribution in [2.75, 3.05) is 0 Å². The minimum atomic E-state index is -0.549. The Hall–Kier alpha value is -2.11. The first kappa shape index (κ1) is 14.3. The van der Waals surface area contributed by atoms with Gasteiger partial charge in [-0.2, -0.15) is 0 Å². The first-order chi connectivity index (χ1) is 9.19. The molecule has 1 aliphatic rings. The molecule has 1 aromatic carbocycles. The van der Waals surface area contributed by atoms with E-state index >= 15 is 0 Å². The summed E-state index contributed by atoms with van der Waals surface area (Å²) in [6.45, 7) is 7.94. The van der Waals surface area contributed by atoms with Crippen LogP contribution in [0.3, 0.4) is 0 Å². The Labute approximate surface area is 117 Å². The van der Waals surface area contributed by atoms with Crippen LogP contribution in [0.5, 0.6) is 0 Å². The third kappa shape index (κ3) is 2.74. The molecule has 1 amide bonds. The van der Waals surface area contributed by atoms with Crippen LogP contribution in [0.2, 0.25) is 0 Å². The summed E-state index contributed by atoms with van der Waals surface area (Å²) in [6.07, 6.45) is -0.393. The minimum absolute atomic E-state index is 0.0924. The number of amides is 1. The van der Waals surface area contributed by atoms with Crippen molar-refractivity contribution in [1.82, 2.24) is 4.90 Å². The van der Waals surface area contributed by atoms with E-state index in [4.69, 9.17) is 4.74 Å². The van der Waals surface area contributed by atoms with E-state index in [-0.39, 0.29) is 5.69 Å². The third-order valence-electron chi connectivity index (χ3n) is 3.23. The van der Waals surface area contributed by atoms with E-state index in [0.29, 0.717) is 18.7 Å². The van der Waals surface area contributed by atoms with Crippen LogP contribution in [0, 0.1) is 17.0 Å². The Balaban J connectivity index is 2.22. The molecule has 0 radical (unpaired) electrons. The molecule has 0 fully saturated rings. The number of hydrogen-bond acceptors (Lipinski definition) is 4. The van der Waals surface area contributed by atoms with Gasteiger partial charge in [-0.25, -0.2) is 4.79 Å². The standard InChI is InChI=1S/C14H18N2O4/c1-9-11-8-15(13(17)20-14(2,3)4)7-10(11)5-6-12(9)16(18)19/h5-6H,7-8H2,1-4H3. The smallest absolute Gasteiger partial charge is 0.410 e. The van der Waals surface area contributed by atoms with Crippen LogP contribution in [0.15, 0.2) is 12.1 Å². The van der Waals surface area contributed by atoms with Crippen molar-refractivity contribution < 1.29 is 14.5 Å². The van der Waals surface area contributed by atoms with Gasteiger partial charge in [0.25, 0.3) is 5.69 Å². The zero-order chi connectivity index (χ0) is 15.1. The van der Waals surface area contributed by atoms with Gasteiger partial charge in [-0.3, -0.25) is 15.0 Å². The number of fused-ring (bicyclic) bond motifs is 1. The molecular weight excluding hydrogens is 260 g/mol. The maximum absolute atomic E-state index is 12.0. The van der Waals surface area contributed by atoms with Crippen molar-refractivity contribution in [2.24, 2.45) is 0 Å². The molecule has 1 heterocycles. The lowest BCUT2D eigenvalue weighted by Crippen LogP contribution is -2.33. The lowest BCUT2D eigenvalue weighted by molar-refractivity contribution is -0.385. The fraction of sp³-hybridized carbons (Fsp3) is 0.500. The summed E-state index contributed by atoms with van der Waals surface area (Å²) in [4.78, 5) is 24.1. The number of carbonyl (C=O) groups is 1. The van der Waals surface area contributed by atoms with Crippen molar-refractivity contribution in [3.63, 3.8) is 0 Å². The summed E-state index contributed by atoms with van der Waals surface area (Å²) in [5.41, 5.74) is 1.96. The number of nitro benzene ring substituents is 1. The van der Waals surface area contributed by atoms with Crippen LogP contribution >= 0.6 is 0 Å². The van der Waals surface area contributed by atoms with Crippen molar-refractivity contribution in [2.45, 2.75) is 46.4 Å². The quantitative estimate of drug-likeness (QED) is 0.584. The second-order valence-corrected chi connectivity index (χ2v) is 5.94. The van der Waals surface area contributed by atoms with E-state index in [1.54, 1.807) is 17.9 Å². The molecule has 0 saturated carbocycles. The molecule has 0 atom stereocenters. The first-order valence-corrected chi connectivity index (χ1v) is 6.42. The lowest BCUT2D eigenvalue weighted by atomic mass is 10.0. The Bertz CT molecular complexity index is 575. The highest BCUT2D eigenvalue weighted by Crippen LogP contribution is 2.32. The summed E-state index contributed by atoms with van der Waals surface area (Å²) in [7, 11) is 0. The Morgan fingerprint density at radius 3 is 2.55 bits per heavy atom. The number of nitro groups is 1. The molecule has 0 N–H and O–H groups in total. The molecule has 0 unspecified atom stereocenters. The van der Waals surface area contributed by atoms with Gasteiger partial charge in [0.15, 0.2) is 0 Å². The summed E-state index contributed by atoms with van der Waals surface area (Å²) in [5, 5.41) is 10.9. The number of ether oxygens (including phenoxy) is 1. The van der Waals surface area contributed by atoms with Gasteiger partial charge < -0.3 is 4.74 Å². The molecule has 0 bridgehead atoms. The molecule has 6 nitrogen and oxygen atoms in total. The predicted octanol–water partition coefficient (Wildman–Crippen LogP) is 3.15. The molecule has 0 spiro atoms. The number of nitrogens with zero attached hydrogens (tertiary/aromatic N) is 2. The topological polar surface area (TPSA) is 72.7 Å². The normalized spacial score (nSPS) is 14.1. The van der Waals surface area contributed by atoms with E-state index in [1.807, 2.05) is 20.8 Å². The predicted molar refractivity (Wildman–Crippen MR) is 73.3 cm³/mol. The highest BCUT2D eigenvalue weighted by molar-refractivity contribution is 5.70. The van der Waals surface area contributed by atoms with Gasteiger partial charge in [0.2, 0.25) is 0 Å². The van der Waals surface area contributed by atoms with Crippen molar-refractivity contribution in [3.05, 3.63) is 38.9 Å². The van der Waals surface area contributed by atoms with E-state index in [2.05, 4.69) is 0 Å². The number of carbonyl (C=O) groups excluding carboxylic acids is 1. The summed E-state index contributed by atoms with van der Waals surface area (Å²) in [6, 6.07) is 3.21. The zero-order valence-electron chi connectivity index (χ0n) is 12.1. The summed E-state index contributed by atoms with van der Waals surface area (Å²) < 4.78 is 5.32. The van der Waals surface area contributed by atoms with Crippen molar-refractivity contribution in [1.29, 1.82) is 0 Å². The molecule has 6 heteroatoms. The lowest BCUT2D eigenvalue weighted by Gasteiger charge is -2.24. The second-order valence-electron chi connectivity index (χ2n) is 5.94. The minimum Gasteiger partial charge on any atom is -0.444 e. The van der Waals surface area contributed by atoms with Gasteiger partial charge in [-0.1, -0.05) is 6.07 Å². The van der Waals surface area contributed by atoms with Gasteiger partial charge in [-0.15, -0.1) is 0 Å². The molecule has 108 valence electrons. The fourth-order valence-corrected chi connectivity index (χ4v) is 2.27. The molecule has 2 rings (SSSR count). The van der Waals surface area contributed by atoms with Crippen molar-refractivity contribution >= 4 is 11.8 Å². The SMILES string of the molecule is Cc1c([N+](=O)[O-])ccc2c1CN(C(=O)OC(C)(C)C)C2. The molecule has 1 aromatic rings. The second kappa shape index (κ2) is 4.77. The molecule has 0 aromatic heterocycles. The highest BCUT2D eigenvalue weighted by atomic mass is 16.6. The van der Waals surface area contributed by atoms with E-state index in [0.717, 1.165) is 11.1 Å². The highest BCUT2D eigenvalue weighted by Gasteiger charge is 2.30. The van der Waals surface area contributed by atoms with Crippen LogP contribution in [-0.2, 0) is 17.8 Å². The maximum Gasteiger partial charge on any atom is 0.410 e. The van der Waals surface area contributed by atoms with Gasteiger partial charge >= 0.3 is 6.09 Å². The van der Waals surface area contributed by atoms with E-state index in [9.17, 15) is 14.9 Å². The average Bonchev–Trinajstić information content (AvgIpc) is 2.71. The number of hydrogen-bond donors (Lipinski definition) is 0. The first-order valence-electron chi connectivity index (χ1n) is 6.42. The molecule has 20 heavy (non-hydrogen) atoms. The van der Waals surface area contributed by atoms with Crippen LogP contribution in [0.25, 0.3) is 0 Å². The van der Waals surface area contributed by atoms with Crippen LogP contribution < -0.4 is 0 Å². The Morgan fingerprint density at radius 2 is 2.00 bits per heavy atom. The summed E-state index contributed by atoms with van der Waals surface area (Å²) in [5.74, 6) is 0. The number of benzene rings is 1.